The number of aromatic carboxylic acids is 1. The molecular formula is C15H16N2O2. The summed E-state index contributed by atoms with van der Waals surface area (Å²) >= 11 is 0. The second-order valence-electron chi connectivity index (χ2n) is 4.88. The second kappa shape index (κ2) is 4.88. The fourth-order valence-corrected chi connectivity index (χ4v) is 2.74. The number of nitrogens with zero attached hydrogens (tertiary/aromatic N) is 2. The summed E-state index contributed by atoms with van der Waals surface area (Å²) in [7, 11) is 0. The van der Waals surface area contributed by atoms with Crippen molar-refractivity contribution in [1.29, 1.82) is 0 Å². The van der Waals surface area contributed by atoms with E-state index in [9.17, 15) is 9.90 Å². The molecule has 98 valence electrons. The van der Waals surface area contributed by atoms with Crippen LogP contribution in [0.5, 0.6) is 0 Å². The molecule has 4 nitrogen and oxygen atoms in total. The molecule has 0 amide bonds. The van der Waals surface area contributed by atoms with Crippen LogP contribution in [0.15, 0.2) is 30.5 Å². The zero-order valence-corrected chi connectivity index (χ0v) is 10.7. The number of pyridine rings is 1. The summed E-state index contributed by atoms with van der Waals surface area (Å²) in [6, 6.07) is 7.34. The number of fused-ring (bicyclic) bond motifs is 1. The van der Waals surface area contributed by atoms with Crippen molar-refractivity contribution in [3.63, 3.8) is 0 Å². The maximum atomic E-state index is 11.2. The number of piperidine rings is 1. The van der Waals surface area contributed by atoms with Crippen LogP contribution < -0.4 is 4.90 Å². The molecular weight excluding hydrogens is 240 g/mol. The van der Waals surface area contributed by atoms with Gasteiger partial charge in [0.15, 0.2) is 0 Å². The fraction of sp³-hybridized carbons (Fsp3) is 0.333. The van der Waals surface area contributed by atoms with Crippen LogP contribution in [0.1, 0.15) is 29.6 Å². The number of rotatable bonds is 2. The minimum absolute atomic E-state index is 0.274. The summed E-state index contributed by atoms with van der Waals surface area (Å²) in [5, 5.41) is 10.2. The first-order valence-electron chi connectivity index (χ1n) is 6.63. The summed E-state index contributed by atoms with van der Waals surface area (Å²) in [5.74, 6) is -0.922. The number of carboxylic acid groups (broad SMARTS) is 1. The molecule has 0 spiro atoms. The summed E-state index contributed by atoms with van der Waals surface area (Å²) in [6.07, 6.45) is 5.38. The van der Waals surface area contributed by atoms with Gasteiger partial charge in [-0.3, -0.25) is 4.98 Å². The molecule has 0 atom stereocenters. The molecule has 1 aromatic carbocycles. The Morgan fingerprint density at radius 2 is 1.95 bits per heavy atom. The SMILES string of the molecule is O=C(O)c1cccc2c(N3CCCCC3)ccnc12. The van der Waals surface area contributed by atoms with Crippen molar-refractivity contribution in [2.75, 3.05) is 18.0 Å². The Morgan fingerprint density at radius 3 is 2.68 bits per heavy atom. The van der Waals surface area contributed by atoms with Gasteiger partial charge in [0.1, 0.15) is 0 Å². The summed E-state index contributed by atoms with van der Waals surface area (Å²) in [5.41, 5.74) is 1.96. The topological polar surface area (TPSA) is 53.4 Å². The van der Waals surface area contributed by atoms with E-state index in [1.54, 1.807) is 18.3 Å². The highest BCUT2D eigenvalue weighted by molar-refractivity contribution is 6.05. The average molecular weight is 256 g/mol. The summed E-state index contributed by atoms with van der Waals surface area (Å²) in [6.45, 7) is 2.08. The van der Waals surface area contributed by atoms with E-state index in [2.05, 4.69) is 9.88 Å². The van der Waals surface area contributed by atoms with Gasteiger partial charge >= 0.3 is 5.97 Å². The van der Waals surface area contributed by atoms with Crippen LogP contribution >= 0.6 is 0 Å². The normalized spacial score (nSPS) is 15.7. The van der Waals surface area contributed by atoms with Crippen LogP contribution in [0.3, 0.4) is 0 Å². The average Bonchev–Trinajstić information content (AvgIpc) is 2.46. The van der Waals surface area contributed by atoms with E-state index in [-0.39, 0.29) is 5.56 Å². The Labute approximate surface area is 111 Å². The lowest BCUT2D eigenvalue weighted by atomic mass is 10.1. The van der Waals surface area contributed by atoms with Gasteiger partial charge < -0.3 is 10.0 Å². The van der Waals surface area contributed by atoms with Crippen LogP contribution in [0.2, 0.25) is 0 Å². The highest BCUT2D eigenvalue weighted by Crippen LogP contribution is 2.29. The van der Waals surface area contributed by atoms with Gasteiger partial charge in [0.05, 0.1) is 11.1 Å². The van der Waals surface area contributed by atoms with Crippen molar-refractivity contribution >= 4 is 22.6 Å². The number of hydrogen-bond donors (Lipinski definition) is 1. The first kappa shape index (κ1) is 12.0. The first-order valence-corrected chi connectivity index (χ1v) is 6.63. The van der Waals surface area contributed by atoms with Gasteiger partial charge in [-0.2, -0.15) is 0 Å². The molecule has 0 bridgehead atoms. The minimum atomic E-state index is -0.922. The highest BCUT2D eigenvalue weighted by atomic mass is 16.4. The molecule has 19 heavy (non-hydrogen) atoms. The smallest absolute Gasteiger partial charge is 0.337 e. The van der Waals surface area contributed by atoms with Crippen LogP contribution in [-0.2, 0) is 0 Å². The molecule has 1 N–H and O–H groups in total. The van der Waals surface area contributed by atoms with Crippen molar-refractivity contribution in [1.82, 2.24) is 4.98 Å². The van der Waals surface area contributed by atoms with Crippen molar-refractivity contribution in [2.24, 2.45) is 0 Å². The Kier molecular flexibility index (Phi) is 3.07. The van der Waals surface area contributed by atoms with E-state index < -0.39 is 5.97 Å². The third kappa shape index (κ3) is 2.14. The third-order valence-electron chi connectivity index (χ3n) is 3.68. The predicted molar refractivity (Wildman–Crippen MR) is 74.8 cm³/mol. The molecule has 1 saturated heterocycles. The number of hydrogen-bond acceptors (Lipinski definition) is 3. The standard InChI is InChI=1S/C15H16N2O2/c18-15(19)12-6-4-5-11-13(7-8-16-14(11)12)17-9-2-1-3-10-17/h4-8H,1-3,9-10H2,(H,18,19). The van der Waals surface area contributed by atoms with Crippen LogP contribution in [0, 0.1) is 0 Å². The Morgan fingerprint density at radius 1 is 1.16 bits per heavy atom. The maximum Gasteiger partial charge on any atom is 0.337 e. The number of aromatic nitrogens is 1. The van der Waals surface area contributed by atoms with Crippen molar-refractivity contribution in [3.8, 4) is 0 Å². The third-order valence-corrected chi connectivity index (χ3v) is 3.68. The number of benzene rings is 1. The van der Waals surface area contributed by atoms with Gasteiger partial charge in [-0.25, -0.2) is 4.79 Å². The molecule has 1 fully saturated rings. The van der Waals surface area contributed by atoms with Gasteiger partial charge in [0, 0.05) is 30.4 Å². The zero-order valence-electron chi connectivity index (χ0n) is 10.7. The van der Waals surface area contributed by atoms with Gasteiger partial charge in [0.25, 0.3) is 0 Å². The van der Waals surface area contributed by atoms with Crippen molar-refractivity contribution in [2.45, 2.75) is 19.3 Å². The molecule has 1 aliphatic rings. The lowest BCUT2D eigenvalue weighted by Gasteiger charge is -2.29. The molecule has 0 aliphatic carbocycles. The number of carbonyl (C=O) groups is 1. The Hall–Kier alpha value is -2.10. The molecule has 0 saturated carbocycles. The number of anilines is 1. The molecule has 4 heteroatoms. The molecule has 1 aromatic heterocycles. The van der Waals surface area contributed by atoms with E-state index in [1.807, 2.05) is 12.1 Å². The van der Waals surface area contributed by atoms with Crippen LogP contribution in [0.25, 0.3) is 10.9 Å². The fourth-order valence-electron chi connectivity index (χ4n) is 2.74. The quantitative estimate of drug-likeness (QED) is 0.897. The predicted octanol–water partition coefficient (Wildman–Crippen LogP) is 2.92. The second-order valence-corrected chi connectivity index (χ2v) is 4.88. The molecule has 1 aliphatic heterocycles. The minimum Gasteiger partial charge on any atom is -0.478 e. The zero-order chi connectivity index (χ0) is 13.2. The van der Waals surface area contributed by atoms with Gasteiger partial charge in [0.2, 0.25) is 0 Å². The number of carboxylic acids is 1. The largest absolute Gasteiger partial charge is 0.478 e. The van der Waals surface area contributed by atoms with E-state index in [4.69, 9.17) is 0 Å². The van der Waals surface area contributed by atoms with Gasteiger partial charge in [-0.15, -0.1) is 0 Å². The van der Waals surface area contributed by atoms with Gasteiger partial charge in [-0.1, -0.05) is 12.1 Å². The lowest BCUT2D eigenvalue weighted by Crippen LogP contribution is -2.29. The highest BCUT2D eigenvalue weighted by Gasteiger charge is 2.16. The number of para-hydroxylation sites is 1. The Balaban J connectivity index is 2.15. The first-order chi connectivity index (χ1) is 9.27. The lowest BCUT2D eigenvalue weighted by molar-refractivity contribution is 0.0699. The van der Waals surface area contributed by atoms with E-state index in [0.717, 1.165) is 24.2 Å². The molecule has 2 heterocycles. The molecule has 3 rings (SSSR count). The Bertz CT molecular complexity index is 619. The van der Waals surface area contributed by atoms with E-state index in [1.165, 1.54) is 19.3 Å². The van der Waals surface area contributed by atoms with Crippen LogP contribution in [0.4, 0.5) is 5.69 Å². The molecule has 0 radical (unpaired) electrons. The maximum absolute atomic E-state index is 11.2. The molecule has 2 aromatic rings. The van der Waals surface area contributed by atoms with Gasteiger partial charge in [-0.05, 0) is 31.4 Å². The van der Waals surface area contributed by atoms with E-state index in [0.29, 0.717) is 5.52 Å². The molecule has 0 unspecified atom stereocenters. The van der Waals surface area contributed by atoms with Crippen molar-refractivity contribution in [3.05, 3.63) is 36.0 Å². The summed E-state index contributed by atoms with van der Waals surface area (Å²) in [4.78, 5) is 17.8. The van der Waals surface area contributed by atoms with E-state index >= 15 is 0 Å². The van der Waals surface area contributed by atoms with Crippen LogP contribution in [-0.4, -0.2) is 29.1 Å². The van der Waals surface area contributed by atoms with Crippen molar-refractivity contribution < 1.29 is 9.90 Å². The summed E-state index contributed by atoms with van der Waals surface area (Å²) < 4.78 is 0. The monoisotopic (exact) mass is 256 g/mol.